The van der Waals surface area contributed by atoms with Gasteiger partial charge in [0.15, 0.2) is 5.82 Å². The smallest absolute Gasteiger partial charge is 0.407 e. The lowest BCUT2D eigenvalue weighted by atomic mass is 10.5. The number of hydrogen-bond donors (Lipinski definition) is 2. The number of carbonyl (C=O) groups is 2. The molecule has 0 aliphatic carbocycles. The largest absolute Gasteiger partial charge is 0.450 e. The fourth-order valence-electron chi connectivity index (χ4n) is 0.947. The molecule has 0 fully saturated rings. The Morgan fingerprint density at radius 1 is 1.56 bits per heavy atom. The summed E-state index contributed by atoms with van der Waals surface area (Å²) in [7, 11) is 0. The summed E-state index contributed by atoms with van der Waals surface area (Å²) in [5.74, 6) is 0.503. The van der Waals surface area contributed by atoms with Gasteiger partial charge >= 0.3 is 6.09 Å². The normalized spacial score (nSPS) is 9.62. The second kappa shape index (κ2) is 5.74. The van der Waals surface area contributed by atoms with E-state index in [4.69, 9.17) is 4.52 Å². The second-order valence-corrected chi connectivity index (χ2v) is 2.95. The van der Waals surface area contributed by atoms with Crippen molar-refractivity contribution < 1.29 is 18.8 Å². The topological polar surface area (TPSA) is 93.5 Å². The Labute approximate surface area is 92.1 Å². The fraction of sp³-hybridized carbons (Fsp3) is 0.444. The average molecular weight is 227 g/mol. The monoisotopic (exact) mass is 227 g/mol. The molecule has 88 valence electrons. The quantitative estimate of drug-likeness (QED) is 0.788. The summed E-state index contributed by atoms with van der Waals surface area (Å²) in [6.07, 6.45) is -0.631. The zero-order valence-electron chi connectivity index (χ0n) is 9.07. The van der Waals surface area contributed by atoms with Crippen LogP contribution in [0.1, 0.15) is 12.7 Å². The van der Waals surface area contributed by atoms with Crippen LogP contribution in [-0.4, -0.2) is 30.3 Å². The lowest BCUT2D eigenvalue weighted by Crippen LogP contribution is -2.33. The maximum Gasteiger partial charge on any atom is 0.407 e. The summed E-state index contributed by atoms with van der Waals surface area (Å²) < 4.78 is 9.34. The molecule has 1 rings (SSSR count). The fourth-order valence-corrected chi connectivity index (χ4v) is 0.947. The molecule has 0 spiro atoms. The maximum atomic E-state index is 11.3. The van der Waals surface area contributed by atoms with Crippen molar-refractivity contribution in [1.82, 2.24) is 10.5 Å². The van der Waals surface area contributed by atoms with E-state index in [2.05, 4.69) is 20.5 Å². The van der Waals surface area contributed by atoms with Gasteiger partial charge in [-0.15, -0.1) is 0 Å². The molecule has 7 heteroatoms. The number of carbonyl (C=O) groups excluding carboxylic acids is 2. The molecule has 16 heavy (non-hydrogen) atoms. The van der Waals surface area contributed by atoms with Gasteiger partial charge in [-0.2, -0.15) is 0 Å². The van der Waals surface area contributed by atoms with E-state index in [1.807, 2.05) is 0 Å². The van der Waals surface area contributed by atoms with Crippen LogP contribution >= 0.6 is 0 Å². The van der Waals surface area contributed by atoms with E-state index in [1.165, 1.54) is 0 Å². The van der Waals surface area contributed by atoms with Crippen molar-refractivity contribution >= 4 is 17.8 Å². The summed E-state index contributed by atoms with van der Waals surface area (Å²) in [5, 5.41) is 8.29. The molecule has 2 N–H and O–H groups in total. The summed E-state index contributed by atoms with van der Waals surface area (Å²) in [4.78, 5) is 22.1. The Hall–Kier alpha value is -2.05. The number of aromatic nitrogens is 1. The van der Waals surface area contributed by atoms with E-state index in [1.54, 1.807) is 19.9 Å². The molecule has 0 bridgehead atoms. The van der Waals surface area contributed by atoms with Gasteiger partial charge in [-0.3, -0.25) is 4.79 Å². The van der Waals surface area contributed by atoms with Crippen molar-refractivity contribution in [3.05, 3.63) is 11.8 Å². The van der Waals surface area contributed by atoms with Crippen molar-refractivity contribution in [2.45, 2.75) is 13.8 Å². The molecule has 2 amide bonds. The Morgan fingerprint density at radius 2 is 2.31 bits per heavy atom. The third-order valence-corrected chi connectivity index (χ3v) is 1.56. The van der Waals surface area contributed by atoms with Crippen LogP contribution < -0.4 is 10.6 Å². The number of hydrogen-bond acceptors (Lipinski definition) is 5. The molecule has 0 aliphatic rings. The Balaban J connectivity index is 2.28. The number of alkyl carbamates (subject to hydrolysis) is 1. The molecular formula is C9H13N3O4. The molecule has 1 heterocycles. The third-order valence-electron chi connectivity index (χ3n) is 1.56. The molecule has 1 aromatic rings. The molecule has 0 radical (unpaired) electrons. The lowest BCUT2D eigenvalue weighted by Gasteiger charge is -2.04. The first-order chi connectivity index (χ1) is 7.61. The Morgan fingerprint density at radius 3 is 2.88 bits per heavy atom. The molecule has 7 nitrogen and oxygen atoms in total. The van der Waals surface area contributed by atoms with Gasteiger partial charge in [-0.1, -0.05) is 5.16 Å². The second-order valence-electron chi connectivity index (χ2n) is 2.95. The number of ether oxygens (including phenoxy) is 1. The molecular weight excluding hydrogens is 214 g/mol. The number of amides is 2. The lowest BCUT2D eigenvalue weighted by molar-refractivity contribution is -0.115. The van der Waals surface area contributed by atoms with Crippen molar-refractivity contribution in [2.24, 2.45) is 0 Å². The van der Waals surface area contributed by atoms with Gasteiger partial charge in [0, 0.05) is 6.07 Å². The molecule has 1 aromatic heterocycles. The minimum absolute atomic E-state index is 0.176. The first-order valence-corrected chi connectivity index (χ1v) is 4.75. The van der Waals surface area contributed by atoms with E-state index in [-0.39, 0.29) is 13.2 Å². The van der Waals surface area contributed by atoms with Crippen molar-refractivity contribution in [1.29, 1.82) is 0 Å². The average Bonchev–Trinajstić information content (AvgIpc) is 2.61. The van der Waals surface area contributed by atoms with Gasteiger partial charge in [0.2, 0.25) is 5.91 Å². The third kappa shape index (κ3) is 3.99. The minimum Gasteiger partial charge on any atom is -0.450 e. The molecule has 0 saturated heterocycles. The van der Waals surface area contributed by atoms with Crippen LogP contribution in [0.3, 0.4) is 0 Å². The minimum atomic E-state index is -0.631. The molecule has 0 unspecified atom stereocenters. The molecule has 0 saturated carbocycles. The maximum absolute atomic E-state index is 11.3. The van der Waals surface area contributed by atoms with E-state index < -0.39 is 12.0 Å². The number of aryl methyl sites for hydroxylation is 1. The van der Waals surface area contributed by atoms with Crippen molar-refractivity contribution in [3.8, 4) is 0 Å². The zero-order chi connectivity index (χ0) is 12.0. The van der Waals surface area contributed by atoms with Gasteiger partial charge in [0.05, 0.1) is 6.61 Å². The van der Waals surface area contributed by atoms with Crippen LogP contribution in [-0.2, 0) is 9.53 Å². The number of nitrogens with zero attached hydrogens (tertiary/aromatic N) is 1. The van der Waals surface area contributed by atoms with Crippen LogP contribution in [0.25, 0.3) is 0 Å². The highest BCUT2D eigenvalue weighted by atomic mass is 16.5. The van der Waals surface area contributed by atoms with E-state index in [9.17, 15) is 9.59 Å². The number of rotatable bonds is 4. The Bertz CT molecular complexity index is 375. The van der Waals surface area contributed by atoms with E-state index in [0.29, 0.717) is 11.6 Å². The predicted molar refractivity (Wildman–Crippen MR) is 54.9 cm³/mol. The van der Waals surface area contributed by atoms with Crippen LogP contribution in [0.4, 0.5) is 10.6 Å². The highest BCUT2D eigenvalue weighted by Crippen LogP contribution is 2.06. The van der Waals surface area contributed by atoms with Gasteiger partial charge in [0.25, 0.3) is 0 Å². The van der Waals surface area contributed by atoms with Crippen molar-refractivity contribution in [2.75, 3.05) is 18.5 Å². The standard InChI is InChI=1S/C9H13N3O4/c1-3-15-9(14)10-5-8(13)11-7-4-6(2)16-12-7/h4H,3,5H2,1-2H3,(H,10,14)(H,11,12,13). The van der Waals surface area contributed by atoms with Gasteiger partial charge in [0.1, 0.15) is 12.3 Å². The number of nitrogens with one attached hydrogen (secondary N) is 2. The molecule has 0 atom stereocenters. The molecule has 0 aliphatic heterocycles. The Kier molecular flexibility index (Phi) is 4.31. The summed E-state index contributed by atoms with van der Waals surface area (Å²) in [5.41, 5.74) is 0. The van der Waals surface area contributed by atoms with Crippen LogP contribution in [0.2, 0.25) is 0 Å². The van der Waals surface area contributed by atoms with Crippen LogP contribution in [0.15, 0.2) is 10.6 Å². The van der Waals surface area contributed by atoms with E-state index in [0.717, 1.165) is 0 Å². The zero-order valence-corrected chi connectivity index (χ0v) is 9.07. The summed E-state index contributed by atoms with van der Waals surface area (Å²) >= 11 is 0. The predicted octanol–water partition coefficient (Wildman–Crippen LogP) is 0.668. The van der Waals surface area contributed by atoms with Crippen LogP contribution in [0, 0.1) is 6.92 Å². The van der Waals surface area contributed by atoms with Gasteiger partial charge < -0.3 is 19.9 Å². The van der Waals surface area contributed by atoms with Gasteiger partial charge in [-0.05, 0) is 13.8 Å². The first-order valence-electron chi connectivity index (χ1n) is 4.75. The molecule has 0 aromatic carbocycles. The van der Waals surface area contributed by atoms with Crippen LogP contribution in [0.5, 0.6) is 0 Å². The van der Waals surface area contributed by atoms with E-state index >= 15 is 0 Å². The van der Waals surface area contributed by atoms with Gasteiger partial charge in [-0.25, -0.2) is 4.79 Å². The SMILES string of the molecule is CCOC(=O)NCC(=O)Nc1cc(C)on1. The van der Waals surface area contributed by atoms with Crippen molar-refractivity contribution in [3.63, 3.8) is 0 Å². The highest BCUT2D eigenvalue weighted by Gasteiger charge is 2.08. The number of anilines is 1. The summed E-state index contributed by atoms with van der Waals surface area (Å²) in [6, 6.07) is 1.57. The summed E-state index contributed by atoms with van der Waals surface area (Å²) in [6.45, 7) is 3.47. The first kappa shape index (κ1) is 12.0. The highest BCUT2D eigenvalue weighted by molar-refractivity contribution is 5.92.